The molecule has 3 unspecified atom stereocenters. The van der Waals surface area contributed by atoms with Crippen molar-refractivity contribution in [3.05, 3.63) is 36.0 Å². The van der Waals surface area contributed by atoms with Gasteiger partial charge in [-0.05, 0) is 18.1 Å². The summed E-state index contributed by atoms with van der Waals surface area (Å²) < 4.78 is 0. The van der Waals surface area contributed by atoms with Gasteiger partial charge in [0.05, 0.1) is 12.5 Å². The number of para-hydroxylation sites is 1. The van der Waals surface area contributed by atoms with E-state index in [1.165, 1.54) is 0 Å². The third kappa shape index (κ3) is 6.80. The van der Waals surface area contributed by atoms with E-state index in [9.17, 15) is 29.1 Å². The van der Waals surface area contributed by atoms with Crippen molar-refractivity contribution < 1.29 is 29.1 Å². The predicted octanol–water partition coefficient (Wildman–Crippen LogP) is -1.77. The van der Waals surface area contributed by atoms with E-state index < -0.39 is 54.1 Å². The number of benzene rings is 1. The van der Waals surface area contributed by atoms with Gasteiger partial charge >= 0.3 is 5.97 Å². The minimum absolute atomic E-state index is 0.00698. The zero-order valence-corrected chi connectivity index (χ0v) is 17.2. The van der Waals surface area contributed by atoms with Crippen LogP contribution in [0.1, 0.15) is 24.8 Å². The van der Waals surface area contributed by atoms with Gasteiger partial charge < -0.3 is 37.9 Å². The number of amides is 4. The van der Waals surface area contributed by atoms with Crippen LogP contribution in [-0.2, 0) is 30.4 Å². The minimum Gasteiger partial charge on any atom is -0.480 e. The third-order valence-electron chi connectivity index (χ3n) is 4.78. The Kier molecular flexibility index (Phi) is 8.30. The summed E-state index contributed by atoms with van der Waals surface area (Å²) in [7, 11) is 0. The Morgan fingerprint density at radius 3 is 2.25 bits per heavy atom. The van der Waals surface area contributed by atoms with Crippen LogP contribution in [0.2, 0.25) is 0 Å². The molecule has 4 amide bonds. The van der Waals surface area contributed by atoms with E-state index in [1.807, 2.05) is 18.2 Å². The molecule has 1 heterocycles. The smallest absolute Gasteiger partial charge is 0.326 e. The number of carbonyl (C=O) groups excluding carboxylic acids is 4. The molecule has 32 heavy (non-hydrogen) atoms. The van der Waals surface area contributed by atoms with Gasteiger partial charge in [-0.3, -0.25) is 19.2 Å². The van der Waals surface area contributed by atoms with Crippen molar-refractivity contribution >= 4 is 40.5 Å². The second-order valence-electron chi connectivity index (χ2n) is 7.31. The Labute approximate surface area is 182 Å². The van der Waals surface area contributed by atoms with E-state index in [0.29, 0.717) is 5.56 Å². The number of carboxylic acid groups (broad SMARTS) is 1. The molecule has 172 valence electrons. The molecular formula is C20H26N6O6. The molecule has 0 fully saturated rings. The number of aliphatic carboxylic acids is 1. The number of primary amides is 2. The molecule has 0 spiro atoms. The number of fused-ring (bicyclic) bond motifs is 1. The van der Waals surface area contributed by atoms with E-state index in [0.717, 1.165) is 10.9 Å². The molecule has 0 saturated carbocycles. The van der Waals surface area contributed by atoms with E-state index in [2.05, 4.69) is 15.6 Å². The van der Waals surface area contributed by atoms with Crippen molar-refractivity contribution in [2.45, 2.75) is 43.8 Å². The van der Waals surface area contributed by atoms with Gasteiger partial charge in [-0.1, -0.05) is 18.2 Å². The summed E-state index contributed by atoms with van der Waals surface area (Å²) in [5, 5.41) is 14.9. The SMILES string of the molecule is NC(=O)CCC(NC(=O)C(Cc1c[nH]c2ccccc12)NC(=O)C(N)CC(N)=O)C(=O)O. The lowest BCUT2D eigenvalue weighted by Gasteiger charge is -2.22. The second kappa shape index (κ2) is 10.9. The Hall–Kier alpha value is -3.93. The Balaban J connectivity index is 2.24. The van der Waals surface area contributed by atoms with Crippen LogP contribution in [0, 0.1) is 0 Å². The lowest BCUT2D eigenvalue weighted by molar-refractivity contribution is -0.142. The maximum absolute atomic E-state index is 12.9. The molecule has 0 radical (unpaired) electrons. The maximum atomic E-state index is 12.9. The summed E-state index contributed by atoms with van der Waals surface area (Å²) in [6.07, 6.45) is 0.782. The lowest BCUT2D eigenvalue weighted by atomic mass is 10.0. The second-order valence-corrected chi connectivity index (χ2v) is 7.31. The summed E-state index contributed by atoms with van der Waals surface area (Å²) in [6.45, 7) is 0. The number of rotatable bonds is 12. The number of hydrogen-bond donors (Lipinski definition) is 7. The lowest BCUT2D eigenvalue weighted by Crippen LogP contribution is -2.55. The molecule has 3 atom stereocenters. The van der Waals surface area contributed by atoms with Crippen LogP contribution in [-0.4, -0.2) is 57.8 Å². The number of aromatic amines is 1. The fraction of sp³-hybridized carbons (Fsp3) is 0.350. The number of aromatic nitrogens is 1. The number of H-pyrrole nitrogens is 1. The fourth-order valence-electron chi connectivity index (χ4n) is 3.13. The van der Waals surface area contributed by atoms with Gasteiger partial charge in [0.2, 0.25) is 23.6 Å². The number of nitrogens with two attached hydrogens (primary N) is 3. The molecule has 0 aliphatic carbocycles. The molecule has 12 nitrogen and oxygen atoms in total. The van der Waals surface area contributed by atoms with Crippen LogP contribution in [0.15, 0.2) is 30.5 Å². The van der Waals surface area contributed by atoms with Crippen molar-refractivity contribution in [3.63, 3.8) is 0 Å². The quantitative estimate of drug-likeness (QED) is 0.198. The highest BCUT2D eigenvalue weighted by molar-refractivity contribution is 5.94. The zero-order chi connectivity index (χ0) is 23.8. The topological polar surface area (TPSA) is 223 Å². The normalized spacial score (nSPS) is 13.7. The van der Waals surface area contributed by atoms with Crippen molar-refractivity contribution in [1.82, 2.24) is 15.6 Å². The average Bonchev–Trinajstić information content (AvgIpc) is 3.12. The number of hydrogen-bond acceptors (Lipinski definition) is 6. The van der Waals surface area contributed by atoms with E-state index >= 15 is 0 Å². The number of carboxylic acids is 1. The monoisotopic (exact) mass is 446 g/mol. The van der Waals surface area contributed by atoms with E-state index in [4.69, 9.17) is 17.2 Å². The molecule has 0 aliphatic heterocycles. The Bertz CT molecular complexity index is 1020. The summed E-state index contributed by atoms with van der Waals surface area (Å²) in [5.41, 5.74) is 17.3. The molecule has 12 heteroatoms. The molecule has 1 aromatic carbocycles. The van der Waals surface area contributed by atoms with Crippen LogP contribution < -0.4 is 27.8 Å². The first kappa shape index (κ1) is 24.3. The number of nitrogens with one attached hydrogen (secondary N) is 3. The van der Waals surface area contributed by atoms with Gasteiger partial charge in [0.15, 0.2) is 0 Å². The first-order valence-corrected chi connectivity index (χ1v) is 9.79. The van der Waals surface area contributed by atoms with Gasteiger partial charge in [-0.25, -0.2) is 4.79 Å². The highest BCUT2D eigenvalue weighted by Crippen LogP contribution is 2.19. The Morgan fingerprint density at radius 2 is 1.62 bits per heavy atom. The molecule has 2 aromatic rings. The summed E-state index contributed by atoms with van der Waals surface area (Å²) in [4.78, 5) is 61.9. The van der Waals surface area contributed by atoms with E-state index in [1.54, 1.807) is 12.3 Å². The van der Waals surface area contributed by atoms with Crippen molar-refractivity contribution in [1.29, 1.82) is 0 Å². The summed E-state index contributed by atoms with van der Waals surface area (Å²) in [6, 6.07) is 3.40. The zero-order valence-electron chi connectivity index (χ0n) is 17.2. The molecule has 0 bridgehead atoms. The van der Waals surface area contributed by atoms with Crippen molar-refractivity contribution in [2.75, 3.05) is 0 Å². The molecule has 2 rings (SSSR count). The van der Waals surface area contributed by atoms with Crippen LogP contribution >= 0.6 is 0 Å². The minimum atomic E-state index is -1.39. The molecule has 0 aliphatic rings. The fourth-order valence-corrected chi connectivity index (χ4v) is 3.13. The van der Waals surface area contributed by atoms with Gasteiger partial charge in [-0.15, -0.1) is 0 Å². The van der Waals surface area contributed by atoms with Crippen LogP contribution in [0.5, 0.6) is 0 Å². The first-order chi connectivity index (χ1) is 15.1. The maximum Gasteiger partial charge on any atom is 0.326 e. The summed E-state index contributed by atoms with van der Waals surface area (Å²) in [5.74, 6) is -4.46. The third-order valence-corrected chi connectivity index (χ3v) is 4.78. The highest BCUT2D eigenvalue weighted by Gasteiger charge is 2.29. The van der Waals surface area contributed by atoms with Crippen LogP contribution in [0.4, 0.5) is 0 Å². The largest absolute Gasteiger partial charge is 0.480 e. The van der Waals surface area contributed by atoms with Gasteiger partial charge in [0.1, 0.15) is 12.1 Å². The van der Waals surface area contributed by atoms with Gasteiger partial charge in [0.25, 0.3) is 0 Å². The molecule has 0 saturated heterocycles. The highest BCUT2D eigenvalue weighted by atomic mass is 16.4. The first-order valence-electron chi connectivity index (χ1n) is 9.79. The van der Waals surface area contributed by atoms with Gasteiger partial charge in [-0.2, -0.15) is 0 Å². The predicted molar refractivity (Wildman–Crippen MR) is 114 cm³/mol. The summed E-state index contributed by atoms with van der Waals surface area (Å²) >= 11 is 0. The van der Waals surface area contributed by atoms with Crippen LogP contribution in [0.25, 0.3) is 10.9 Å². The molecule has 1 aromatic heterocycles. The van der Waals surface area contributed by atoms with Crippen molar-refractivity contribution in [2.24, 2.45) is 17.2 Å². The Morgan fingerprint density at radius 1 is 0.969 bits per heavy atom. The van der Waals surface area contributed by atoms with Crippen molar-refractivity contribution in [3.8, 4) is 0 Å². The molecular weight excluding hydrogens is 420 g/mol. The van der Waals surface area contributed by atoms with E-state index in [-0.39, 0.29) is 19.3 Å². The molecule has 10 N–H and O–H groups in total. The average molecular weight is 446 g/mol. The van der Waals surface area contributed by atoms with Gasteiger partial charge in [0, 0.05) is 29.9 Å². The standard InChI is InChI=1S/C20H26N6O6/c21-12(8-17(23)28)18(29)26-15(7-10-9-24-13-4-2-1-3-11(10)13)19(30)25-14(20(31)32)5-6-16(22)27/h1-4,9,12,14-15,24H,5-8,21H2,(H2,22,27)(H2,23,28)(H,25,30)(H,26,29)(H,31,32). The number of carbonyl (C=O) groups is 5. The van der Waals surface area contributed by atoms with Crippen LogP contribution in [0.3, 0.4) is 0 Å².